The molecule has 1 N–H and O–H groups in total. The van der Waals surface area contributed by atoms with Crippen LogP contribution in [0.2, 0.25) is 0 Å². The minimum Gasteiger partial charge on any atom is -0.369 e. The summed E-state index contributed by atoms with van der Waals surface area (Å²) in [5.41, 5.74) is 0.988. The number of hydrogen-bond acceptors (Lipinski definition) is 4. The largest absolute Gasteiger partial charge is 0.369 e. The van der Waals surface area contributed by atoms with Gasteiger partial charge in [0.2, 0.25) is 5.91 Å². The molecule has 0 atom stereocenters. The number of nitrogens with zero attached hydrogens (tertiary/aromatic N) is 3. The number of carbonyl (C=O) groups is 3. The second kappa shape index (κ2) is 8.43. The number of nitrogens with one attached hydrogen (secondary N) is 1. The van der Waals surface area contributed by atoms with Crippen molar-refractivity contribution in [3.63, 3.8) is 0 Å². The summed E-state index contributed by atoms with van der Waals surface area (Å²) in [4.78, 5) is 43.1. The van der Waals surface area contributed by atoms with Gasteiger partial charge < -0.3 is 15.1 Å². The van der Waals surface area contributed by atoms with E-state index in [9.17, 15) is 14.4 Å². The Labute approximate surface area is 173 Å². The lowest BCUT2D eigenvalue weighted by molar-refractivity contribution is -0.136. The van der Waals surface area contributed by atoms with Gasteiger partial charge >= 0.3 is 6.03 Å². The quantitative estimate of drug-likeness (QED) is 0.742. The highest BCUT2D eigenvalue weighted by Crippen LogP contribution is 2.39. The fourth-order valence-corrected chi connectivity index (χ4v) is 4.60. The molecule has 7 heteroatoms. The van der Waals surface area contributed by atoms with Crippen molar-refractivity contribution in [3.05, 3.63) is 24.3 Å². The van der Waals surface area contributed by atoms with E-state index in [4.69, 9.17) is 0 Å². The molecule has 0 unspecified atom stereocenters. The van der Waals surface area contributed by atoms with Crippen molar-refractivity contribution < 1.29 is 14.4 Å². The molecule has 1 saturated heterocycles. The lowest BCUT2D eigenvalue weighted by Gasteiger charge is -2.35. The fourth-order valence-electron chi connectivity index (χ4n) is 4.60. The third kappa shape index (κ3) is 3.95. The molecule has 1 saturated carbocycles. The Balaban J connectivity index is 1.65. The predicted octanol–water partition coefficient (Wildman–Crippen LogP) is 3.46. The first-order valence-electron chi connectivity index (χ1n) is 10.6. The smallest absolute Gasteiger partial charge is 0.327 e. The normalized spacial score (nSPS) is 18.7. The SMILES string of the molecule is CCN(c1ccc(NC(=O)CN2C(=O)N(C)C3(CCCCC3)C2=O)cc1)C(C)C. The van der Waals surface area contributed by atoms with Gasteiger partial charge in [0.1, 0.15) is 12.1 Å². The van der Waals surface area contributed by atoms with Crippen LogP contribution < -0.4 is 10.2 Å². The van der Waals surface area contributed by atoms with Gasteiger partial charge in [-0.2, -0.15) is 0 Å². The van der Waals surface area contributed by atoms with Gasteiger partial charge in [0.15, 0.2) is 0 Å². The molecule has 1 heterocycles. The van der Waals surface area contributed by atoms with Crippen LogP contribution in [0, 0.1) is 0 Å². The van der Waals surface area contributed by atoms with E-state index >= 15 is 0 Å². The van der Waals surface area contributed by atoms with E-state index in [1.807, 2.05) is 24.3 Å². The molecule has 1 aromatic rings. The number of hydrogen-bond donors (Lipinski definition) is 1. The Bertz CT molecular complexity index is 769. The molecule has 0 bridgehead atoms. The number of likely N-dealkylation sites (N-methyl/N-ethyl adjacent to an activating group) is 1. The van der Waals surface area contributed by atoms with Crippen LogP contribution in [0.25, 0.3) is 0 Å². The molecule has 0 radical (unpaired) electrons. The predicted molar refractivity (Wildman–Crippen MR) is 114 cm³/mol. The van der Waals surface area contributed by atoms with E-state index in [2.05, 4.69) is 31.0 Å². The summed E-state index contributed by atoms with van der Waals surface area (Å²) in [6, 6.07) is 7.64. The lowest BCUT2D eigenvalue weighted by Crippen LogP contribution is -2.49. The molecule has 1 aliphatic heterocycles. The second-order valence-electron chi connectivity index (χ2n) is 8.30. The standard InChI is InChI=1S/C22H32N4O3/c1-5-25(16(2)3)18-11-9-17(10-12-18)23-19(27)15-26-20(28)22(24(4)21(26)29)13-7-6-8-14-22/h9-12,16H,5-8,13-15H2,1-4H3,(H,23,27). The number of benzene rings is 1. The van der Waals surface area contributed by atoms with Crippen LogP contribution in [0.3, 0.4) is 0 Å². The Hall–Kier alpha value is -2.57. The lowest BCUT2D eigenvalue weighted by atomic mass is 9.81. The molecule has 1 aromatic carbocycles. The maximum Gasteiger partial charge on any atom is 0.327 e. The van der Waals surface area contributed by atoms with Crippen LogP contribution in [0.4, 0.5) is 16.2 Å². The Kier molecular flexibility index (Phi) is 6.15. The van der Waals surface area contributed by atoms with Crippen molar-refractivity contribution >= 4 is 29.2 Å². The van der Waals surface area contributed by atoms with Gasteiger partial charge in [-0.3, -0.25) is 14.5 Å². The average Bonchev–Trinajstić information content (AvgIpc) is 2.86. The van der Waals surface area contributed by atoms with Crippen molar-refractivity contribution in [1.29, 1.82) is 0 Å². The zero-order chi connectivity index (χ0) is 21.2. The molecule has 0 aromatic heterocycles. The Morgan fingerprint density at radius 2 is 1.76 bits per heavy atom. The van der Waals surface area contributed by atoms with Gasteiger partial charge in [0.05, 0.1) is 0 Å². The van der Waals surface area contributed by atoms with Gasteiger partial charge in [-0.15, -0.1) is 0 Å². The maximum atomic E-state index is 13.0. The van der Waals surface area contributed by atoms with Crippen LogP contribution in [0.1, 0.15) is 52.9 Å². The summed E-state index contributed by atoms with van der Waals surface area (Å²) in [6.07, 6.45) is 4.30. The number of rotatable bonds is 6. The Morgan fingerprint density at radius 3 is 2.31 bits per heavy atom. The maximum absolute atomic E-state index is 13.0. The molecule has 3 rings (SSSR count). The molecule has 29 heavy (non-hydrogen) atoms. The van der Waals surface area contributed by atoms with Crippen molar-refractivity contribution in [1.82, 2.24) is 9.80 Å². The zero-order valence-corrected chi connectivity index (χ0v) is 17.9. The van der Waals surface area contributed by atoms with Crippen LogP contribution in [0.5, 0.6) is 0 Å². The molecular weight excluding hydrogens is 368 g/mol. The zero-order valence-electron chi connectivity index (χ0n) is 17.9. The fraction of sp³-hybridized carbons (Fsp3) is 0.591. The molecule has 2 fully saturated rings. The van der Waals surface area contributed by atoms with Gasteiger partial charge in [-0.05, 0) is 57.9 Å². The van der Waals surface area contributed by atoms with Crippen LogP contribution in [-0.4, -0.2) is 59.4 Å². The first kappa shape index (κ1) is 21.1. The first-order chi connectivity index (χ1) is 13.8. The highest BCUT2D eigenvalue weighted by Gasteiger charge is 2.55. The highest BCUT2D eigenvalue weighted by molar-refractivity contribution is 6.10. The molecule has 1 aliphatic carbocycles. The van der Waals surface area contributed by atoms with E-state index in [1.54, 1.807) is 11.9 Å². The number of amides is 4. The van der Waals surface area contributed by atoms with E-state index in [1.165, 1.54) is 0 Å². The molecule has 4 amide bonds. The van der Waals surface area contributed by atoms with Crippen LogP contribution in [-0.2, 0) is 9.59 Å². The molecule has 1 spiro atoms. The molecule has 158 valence electrons. The monoisotopic (exact) mass is 400 g/mol. The minimum atomic E-state index is -0.752. The number of urea groups is 1. The molecule has 2 aliphatic rings. The van der Waals surface area contributed by atoms with Gasteiger partial charge in [0, 0.05) is 31.0 Å². The molecular formula is C22H32N4O3. The number of anilines is 2. The van der Waals surface area contributed by atoms with Crippen molar-refractivity contribution in [3.8, 4) is 0 Å². The summed E-state index contributed by atoms with van der Waals surface area (Å²) < 4.78 is 0. The van der Waals surface area contributed by atoms with E-state index in [-0.39, 0.29) is 24.4 Å². The molecule has 7 nitrogen and oxygen atoms in total. The number of carbonyl (C=O) groups excluding carboxylic acids is 3. The van der Waals surface area contributed by atoms with Crippen molar-refractivity contribution in [2.75, 3.05) is 30.4 Å². The number of imide groups is 1. The van der Waals surface area contributed by atoms with E-state index < -0.39 is 5.54 Å². The van der Waals surface area contributed by atoms with Gasteiger partial charge in [0.25, 0.3) is 5.91 Å². The summed E-state index contributed by atoms with van der Waals surface area (Å²) in [5.74, 6) is -0.595. The topological polar surface area (TPSA) is 73.0 Å². The summed E-state index contributed by atoms with van der Waals surface area (Å²) in [5, 5.41) is 2.81. The summed E-state index contributed by atoms with van der Waals surface area (Å²) in [6.45, 7) is 7.03. The third-order valence-corrected chi connectivity index (χ3v) is 6.23. The van der Waals surface area contributed by atoms with Gasteiger partial charge in [-0.25, -0.2) is 4.79 Å². The second-order valence-corrected chi connectivity index (χ2v) is 8.30. The summed E-state index contributed by atoms with van der Waals surface area (Å²) >= 11 is 0. The van der Waals surface area contributed by atoms with E-state index in [0.717, 1.165) is 36.4 Å². The minimum absolute atomic E-state index is 0.231. The van der Waals surface area contributed by atoms with E-state index in [0.29, 0.717) is 24.6 Å². The van der Waals surface area contributed by atoms with Crippen LogP contribution >= 0.6 is 0 Å². The van der Waals surface area contributed by atoms with Crippen molar-refractivity contribution in [2.24, 2.45) is 0 Å². The van der Waals surface area contributed by atoms with Crippen LogP contribution in [0.15, 0.2) is 24.3 Å². The Morgan fingerprint density at radius 1 is 1.14 bits per heavy atom. The summed E-state index contributed by atoms with van der Waals surface area (Å²) in [7, 11) is 1.68. The van der Waals surface area contributed by atoms with Gasteiger partial charge in [-0.1, -0.05) is 19.3 Å². The average molecular weight is 401 g/mol. The van der Waals surface area contributed by atoms with Crippen molar-refractivity contribution in [2.45, 2.75) is 64.5 Å². The first-order valence-corrected chi connectivity index (χ1v) is 10.6. The highest BCUT2D eigenvalue weighted by atomic mass is 16.2. The third-order valence-electron chi connectivity index (χ3n) is 6.23.